The lowest BCUT2D eigenvalue weighted by Crippen LogP contribution is -2.30. The maximum atomic E-state index is 13.2. The lowest BCUT2D eigenvalue weighted by atomic mass is 10.1. The van der Waals surface area contributed by atoms with Gasteiger partial charge >= 0.3 is 5.97 Å². The van der Waals surface area contributed by atoms with Crippen LogP contribution in [0, 0.1) is 0 Å². The highest BCUT2D eigenvalue weighted by Gasteiger charge is 2.41. The predicted octanol–water partition coefficient (Wildman–Crippen LogP) is 4.69. The van der Waals surface area contributed by atoms with Gasteiger partial charge in [0.05, 0.1) is 28.0 Å². The Morgan fingerprint density at radius 2 is 1.93 bits per heavy atom. The predicted molar refractivity (Wildman–Crippen MR) is 108 cm³/mol. The smallest absolute Gasteiger partial charge is 0.364 e. The Morgan fingerprint density at radius 3 is 2.72 bits per heavy atom. The maximum Gasteiger partial charge on any atom is 0.364 e. The van der Waals surface area contributed by atoms with Crippen molar-refractivity contribution in [2.75, 3.05) is 6.54 Å². The van der Waals surface area contributed by atoms with Crippen molar-refractivity contribution in [3.8, 4) is 11.4 Å². The number of benzene rings is 2. The first-order chi connectivity index (χ1) is 14.0. The average Bonchev–Trinajstić information content (AvgIpc) is 3.33. The summed E-state index contributed by atoms with van der Waals surface area (Å²) in [5.74, 6) is -0.336. The fraction of sp³-hybridized carbons (Fsp3) is 0.190. The number of hydrogen-bond acceptors (Lipinski definition) is 4. The Labute approximate surface area is 176 Å². The first-order valence-corrected chi connectivity index (χ1v) is 9.95. The number of amides is 1. The summed E-state index contributed by atoms with van der Waals surface area (Å²) in [4.78, 5) is 32.2. The second-order valence-electron chi connectivity index (χ2n) is 6.98. The molecule has 2 aromatic carbocycles. The SMILES string of the molecule is O=C(Oc1ccc(Cl)cc1)c1ncn2c1[C@@H]1CCCN1C(=O)c1c(Cl)cccc1-2. The average molecular weight is 428 g/mol. The molecule has 0 spiro atoms. The van der Waals surface area contributed by atoms with Gasteiger partial charge in [-0.25, -0.2) is 9.78 Å². The highest BCUT2D eigenvalue weighted by Crippen LogP contribution is 2.41. The summed E-state index contributed by atoms with van der Waals surface area (Å²) >= 11 is 12.3. The van der Waals surface area contributed by atoms with Crippen LogP contribution < -0.4 is 4.74 Å². The van der Waals surface area contributed by atoms with E-state index in [9.17, 15) is 9.59 Å². The number of esters is 1. The van der Waals surface area contributed by atoms with Gasteiger partial charge in [-0.3, -0.25) is 9.36 Å². The maximum absolute atomic E-state index is 13.2. The minimum atomic E-state index is -0.578. The van der Waals surface area contributed by atoms with Crippen LogP contribution in [0.4, 0.5) is 0 Å². The molecule has 5 rings (SSSR count). The summed E-state index contributed by atoms with van der Waals surface area (Å²) in [5.41, 5.74) is 1.88. The fourth-order valence-corrected chi connectivity index (χ4v) is 4.42. The van der Waals surface area contributed by atoms with Gasteiger partial charge in [-0.15, -0.1) is 0 Å². The van der Waals surface area contributed by atoms with Crippen LogP contribution in [0.15, 0.2) is 48.8 Å². The second-order valence-corrected chi connectivity index (χ2v) is 7.83. The first-order valence-electron chi connectivity index (χ1n) is 9.19. The molecule has 3 aromatic rings. The molecule has 1 amide bonds. The molecular formula is C21H15Cl2N3O3. The highest BCUT2D eigenvalue weighted by atomic mass is 35.5. The van der Waals surface area contributed by atoms with Crippen molar-refractivity contribution < 1.29 is 14.3 Å². The largest absolute Gasteiger partial charge is 0.422 e. The summed E-state index contributed by atoms with van der Waals surface area (Å²) in [7, 11) is 0. The zero-order valence-electron chi connectivity index (χ0n) is 15.1. The van der Waals surface area contributed by atoms with E-state index in [4.69, 9.17) is 27.9 Å². The van der Waals surface area contributed by atoms with E-state index in [1.807, 2.05) is 0 Å². The molecule has 8 heteroatoms. The number of carbonyl (C=O) groups is 2. The molecule has 2 aliphatic rings. The number of aromatic nitrogens is 2. The third kappa shape index (κ3) is 2.91. The van der Waals surface area contributed by atoms with Gasteiger partial charge in [0.15, 0.2) is 5.69 Å². The van der Waals surface area contributed by atoms with Crippen LogP contribution in [-0.4, -0.2) is 32.9 Å². The fourth-order valence-electron chi connectivity index (χ4n) is 4.05. The van der Waals surface area contributed by atoms with E-state index < -0.39 is 5.97 Å². The van der Waals surface area contributed by atoms with Gasteiger partial charge in [-0.05, 0) is 49.2 Å². The monoisotopic (exact) mass is 427 g/mol. The van der Waals surface area contributed by atoms with E-state index in [2.05, 4.69) is 4.98 Å². The molecule has 146 valence electrons. The molecule has 6 nitrogen and oxygen atoms in total. The van der Waals surface area contributed by atoms with E-state index in [1.54, 1.807) is 58.3 Å². The van der Waals surface area contributed by atoms with Crippen LogP contribution in [0.1, 0.15) is 45.4 Å². The minimum Gasteiger partial charge on any atom is -0.422 e. The van der Waals surface area contributed by atoms with Gasteiger partial charge in [-0.1, -0.05) is 29.3 Å². The second kappa shape index (κ2) is 6.90. The van der Waals surface area contributed by atoms with Crippen LogP contribution in [-0.2, 0) is 0 Å². The zero-order chi connectivity index (χ0) is 20.1. The number of fused-ring (bicyclic) bond motifs is 5. The van der Waals surface area contributed by atoms with Crippen molar-refractivity contribution in [1.82, 2.24) is 14.5 Å². The Balaban J connectivity index is 1.63. The van der Waals surface area contributed by atoms with E-state index in [-0.39, 0.29) is 17.6 Å². The van der Waals surface area contributed by atoms with Crippen LogP contribution >= 0.6 is 23.2 Å². The molecule has 1 atom stereocenters. The lowest BCUT2D eigenvalue weighted by Gasteiger charge is -2.23. The number of nitrogens with zero attached hydrogens (tertiary/aromatic N) is 3. The van der Waals surface area contributed by atoms with E-state index in [0.29, 0.717) is 39.3 Å². The van der Waals surface area contributed by atoms with Gasteiger partial charge < -0.3 is 9.64 Å². The summed E-state index contributed by atoms with van der Waals surface area (Å²) in [6, 6.07) is 11.6. The Hall–Kier alpha value is -2.83. The molecule has 2 aliphatic heterocycles. The number of rotatable bonds is 2. The topological polar surface area (TPSA) is 64.4 Å². The van der Waals surface area contributed by atoms with Crippen LogP contribution in [0.3, 0.4) is 0 Å². The zero-order valence-corrected chi connectivity index (χ0v) is 16.7. The van der Waals surface area contributed by atoms with Crippen molar-refractivity contribution in [3.05, 3.63) is 75.8 Å². The van der Waals surface area contributed by atoms with E-state index in [1.165, 1.54) is 0 Å². The number of carbonyl (C=O) groups excluding carboxylic acids is 2. The van der Waals surface area contributed by atoms with Crippen LogP contribution in [0.25, 0.3) is 5.69 Å². The molecule has 1 fully saturated rings. The molecule has 0 N–H and O–H groups in total. The van der Waals surface area contributed by atoms with Gasteiger partial charge in [0.1, 0.15) is 12.1 Å². The molecule has 0 unspecified atom stereocenters. The normalized spacial score (nSPS) is 17.4. The summed E-state index contributed by atoms with van der Waals surface area (Å²) in [6.07, 6.45) is 3.13. The van der Waals surface area contributed by atoms with Crippen LogP contribution in [0.2, 0.25) is 10.0 Å². The molecule has 1 saturated heterocycles. The van der Waals surface area contributed by atoms with Gasteiger partial charge in [0.2, 0.25) is 0 Å². The lowest BCUT2D eigenvalue weighted by molar-refractivity contribution is 0.0701. The number of imidazole rings is 1. The number of halogens is 2. The third-order valence-electron chi connectivity index (χ3n) is 5.32. The van der Waals surface area contributed by atoms with Crippen molar-refractivity contribution in [2.24, 2.45) is 0 Å². The highest BCUT2D eigenvalue weighted by molar-refractivity contribution is 6.34. The molecule has 0 saturated carbocycles. The molecule has 0 bridgehead atoms. The summed E-state index contributed by atoms with van der Waals surface area (Å²) in [6.45, 7) is 0.602. The third-order valence-corrected chi connectivity index (χ3v) is 5.88. The minimum absolute atomic E-state index is 0.131. The Kier molecular flexibility index (Phi) is 4.33. The van der Waals surface area contributed by atoms with Crippen molar-refractivity contribution in [3.63, 3.8) is 0 Å². The van der Waals surface area contributed by atoms with Crippen LogP contribution in [0.5, 0.6) is 5.75 Å². The van der Waals surface area contributed by atoms with E-state index >= 15 is 0 Å². The molecule has 0 radical (unpaired) electrons. The van der Waals surface area contributed by atoms with Crippen molar-refractivity contribution in [2.45, 2.75) is 18.9 Å². The van der Waals surface area contributed by atoms with Gasteiger partial charge in [0.25, 0.3) is 5.91 Å². The molecule has 1 aromatic heterocycles. The van der Waals surface area contributed by atoms with Crippen molar-refractivity contribution >= 4 is 35.1 Å². The first kappa shape index (κ1) is 18.2. The molecule has 3 heterocycles. The number of hydrogen-bond donors (Lipinski definition) is 0. The Morgan fingerprint density at radius 1 is 1.14 bits per heavy atom. The molecule has 29 heavy (non-hydrogen) atoms. The van der Waals surface area contributed by atoms with Gasteiger partial charge in [0, 0.05) is 11.6 Å². The standard InChI is InChI=1S/C21H15Cl2N3O3/c22-12-6-8-13(9-7-12)29-21(28)18-19-16-5-2-10-25(16)20(27)17-14(23)3-1-4-15(17)26(19)11-24-18/h1,3-4,6-9,11,16H,2,5,10H2/t16-/m0/s1. The quantitative estimate of drug-likeness (QED) is 0.439. The van der Waals surface area contributed by atoms with Crippen molar-refractivity contribution in [1.29, 1.82) is 0 Å². The Bertz CT molecular complexity index is 1140. The van der Waals surface area contributed by atoms with E-state index in [0.717, 1.165) is 12.8 Å². The summed E-state index contributed by atoms with van der Waals surface area (Å²) < 4.78 is 7.29. The molecular weight excluding hydrogens is 413 g/mol. The molecule has 0 aliphatic carbocycles. The number of ether oxygens (including phenoxy) is 1. The van der Waals surface area contributed by atoms with Gasteiger partial charge in [-0.2, -0.15) is 0 Å². The summed E-state index contributed by atoms with van der Waals surface area (Å²) in [5, 5.41) is 0.930.